The first-order valence-corrected chi connectivity index (χ1v) is 11.3. The van der Waals surface area contributed by atoms with E-state index in [2.05, 4.69) is 33.4 Å². The third-order valence-electron chi connectivity index (χ3n) is 5.01. The number of pyridine rings is 1. The molecule has 1 atom stereocenters. The minimum atomic E-state index is -0.475. The summed E-state index contributed by atoms with van der Waals surface area (Å²) in [6.45, 7) is 2.53. The number of urea groups is 1. The number of carbonyl (C=O) groups is 2. The summed E-state index contributed by atoms with van der Waals surface area (Å²) in [5.41, 5.74) is 7.27. The van der Waals surface area contributed by atoms with Crippen molar-refractivity contribution in [1.29, 1.82) is 0 Å². The second-order valence-electron chi connectivity index (χ2n) is 7.69. The van der Waals surface area contributed by atoms with Crippen LogP contribution >= 0.6 is 11.6 Å². The first kappa shape index (κ1) is 24.9. The van der Waals surface area contributed by atoms with Gasteiger partial charge in [0.05, 0.1) is 18.3 Å². The molecule has 2 aromatic carbocycles. The van der Waals surface area contributed by atoms with Gasteiger partial charge in [-0.2, -0.15) is 0 Å². The minimum absolute atomic E-state index is 0.153. The second-order valence-corrected chi connectivity index (χ2v) is 8.13. The van der Waals surface area contributed by atoms with Crippen LogP contribution in [0.25, 0.3) is 17.0 Å². The Morgan fingerprint density at radius 2 is 1.94 bits per heavy atom. The molecule has 4 N–H and O–H groups in total. The molecule has 0 radical (unpaired) electrons. The fraction of sp³-hybridized carbons (Fsp3) is 0.240. The predicted octanol–water partition coefficient (Wildman–Crippen LogP) is 4.52. The number of amides is 3. The van der Waals surface area contributed by atoms with Crippen LogP contribution in [-0.4, -0.2) is 36.6 Å². The zero-order valence-electron chi connectivity index (χ0n) is 19.1. The molecule has 9 heteroatoms. The Balaban J connectivity index is 1.36. The van der Waals surface area contributed by atoms with Gasteiger partial charge >= 0.3 is 6.03 Å². The number of benzene rings is 2. The lowest BCUT2D eigenvalue weighted by atomic mass is 10.1. The van der Waals surface area contributed by atoms with Gasteiger partial charge < -0.3 is 15.4 Å². The van der Waals surface area contributed by atoms with Gasteiger partial charge in [0.25, 0.3) is 5.91 Å². The summed E-state index contributed by atoms with van der Waals surface area (Å²) in [6, 6.07) is 14.5. The molecule has 0 aliphatic carbocycles. The summed E-state index contributed by atoms with van der Waals surface area (Å²) in [6.07, 6.45) is 6.29. The molecule has 0 saturated heterocycles. The van der Waals surface area contributed by atoms with E-state index in [1.807, 2.05) is 24.3 Å². The van der Waals surface area contributed by atoms with Gasteiger partial charge in [-0.1, -0.05) is 29.8 Å². The number of hydrazine groups is 1. The third kappa shape index (κ3) is 7.67. The van der Waals surface area contributed by atoms with E-state index in [9.17, 15) is 9.59 Å². The van der Waals surface area contributed by atoms with Crippen molar-refractivity contribution in [2.45, 2.75) is 25.8 Å². The molecular formula is C25H28ClN5O3. The first-order valence-electron chi connectivity index (χ1n) is 10.9. The maximum Gasteiger partial charge on any atom is 0.333 e. The lowest BCUT2D eigenvalue weighted by Crippen LogP contribution is -2.46. The summed E-state index contributed by atoms with van der Waals surface area (Å²) in [5.74, 6) is 0.320. The number of halogens is 1. The second kappa shape index (κ2) is 12.5. The molecule has 1 heterocycles. The van der Waals surface area contributed by atoms with E-state index >= 15 is 0 Å². The summed E-state index contributed by atoms with van der Waals surface area (Å²) < 4.78 is 5.39. The van der Waals surface area contributed by atoms with E-state index in [-0.39, 0.29) is 6.04 Å². The fourth-order valence-electron chi connectivity index (χ4n) is 3.29. The highest BCUT2D eigenvalue weighted by Crippen LogP contribution is 2.28. The van der Waals surface area contributed by atoms with Crippen LogP contribution in [-0.2, 0) is 4.79 Å². The molecule has 0 fully saturated rings. The van der Waals surface area contributed by atoms with Crippen molar-refractivity contribution in [3.63, 3.8) is 0 Å². The number of aromatic nitrogens is 1. The number of nitrogens with one attached hydrogen (secondary N) is 4. The number of hydrogen-bond acceptors (Lipinski definition) is 5. The number of methoxy groups -OCH3 is 1. The number of fused-ring (bicyclic) bond motifs is 1. The van der Waals surface area contributed by atoms with E-state index in [4.69, 9.17) is 16.3 Å². The maximum atomic E-state index is 11.9. The van der Waals surface area contributed by atoms with Gasteiger partial charge in [-0.3, -0.25) is 15.2 Å². The van der Waals surface area contributed by atoms with Gasteiger partial charge in [-0.25, -0.2) is 10.2 Å². The molecule has 3 aromatic rings. The molecule has 3 rings (SSSR count). The van der Waals surface area contributed by atoms with Crippen molar-refractivity contribution in [2.24, 2.45) is 0 Å². The molecule has 3 amide bonds. The number of carbonyl (C=O) groups excluding carboxylic acids is 2. The van der Waals surface area contributed by atoms with Gasteiger partial charge in [0, 0.05) is 41.3 Å². The highest BCUT2D eigenvalue weighted by atomic mass is 35.5. The molecular weight excluding hydrogens is 454 g/mol. The topological polar surface area (TPSA) is 104 Å². The van der Waals surface area contributed by atoms with Crippen LogP contribution in [0.3, 0.4) is 0 Å². The standard InChI is InChI=1S/C25H28ClN5O3/c1-17(29-22-16-21(34-2)15-19-6-4-13-27-24(19)22)5-3-14-28-25(33)31-30-23(32)12-9-18-7-10-20(26)11-8-18/h4,6-13,15-17,29H,3,5,14H2,1-2H3,(H,30,32)(H2,28,31,33)/b12-9+. The van der Waals surface area contributed by atoms with E-state index in [0.717, 1.165) is 40.7 Å². The Labute approximate surface area is 203 Å². The maximum absolute atomic E-state index is 11.9. The lowest BCUT2D eigenvalue weighted by molar-refractivity contribution is -0.117. The molecule has 0 bridgehead atoms. The van der Waals surface area contributed by atoms with Crippen molar-refractivity contribution in [3.05, 3.63) is 71.4 Å². The largest absolute Gasteiger partial charge is 0.497 e. The van der Waals surface area contributed by atoms with Crippen LogP contribution in [0.1, 0.15) is 25.3 Å². The average Bonchev–Trinajstić information content (AvgIpc) is 2.85. The highest BCUT2D eigenvalue weighted by molar-refractivity contribution is 6.30. The monoisotopic (exact) mass is 481 g/mol. The average molecular weight is 482 g/mol. The number of rotatable bonds is 9. The van der Waals surface area contributed by atoms with E-state index in [1.54, 1.807) is 43.6 Å². The van der Waals surface area contributed by atoms with Gasteiger partial charge in [-0.15, -0.1) is 0 Å². The molecule has 8 nitrogen and oxygen atoms in total. The minimum Gasteiger partial charge on any atom is -0.497 e. The van der Waals surface area contributed by atoms with E-state index in [0.29, 0.717) is 11.6 Å². The Kier molecular flexibility index (Phi) is 9.11. The molecule has 0 spiro atoms. The molecule has 0 saturated carbocycles. The fourth-order valence-corrected chi connectivity index (χ4v) is 3.42. The van der Waals surface area contributed by atoms with Gasteiger partial charge in [0.15, 0.2) is 0 Å². The van der Waals surface area contributed by atoms with E-state index in [1.165, 1.54) is 6.08 Å². The number of anilines is 1. The Bertz CT molecular complexity index is 1150. The van der Waals surface area contributed by atoms with Crippen molar-refractivity contribution in [1.82, 2.24) is 21.2 Å². The lowest BCUT2D eigenvalue weighted by Gasteiger charge is -2.17. The van der Waals surface area contributed by atoms with E-state index < -0.39 is 11.9 Å². The number of ether oxygens (including phenoxy) is 1. The van der Waals surface area contributed by atoms with Crippen LogP contribution in [0, 0.1) is 0 Å². The third-order valence-corrected chi connectivity index (χ3v) is 5.26. The van der Waals surface area contributed by atoms with Crippen LogP contribution in [0.2, 0.25) is 5.02 Å². The zero-order valence-corrected chi connectivity index (χ0v) is 19.9. The summed E-state index contributed by atoms with van der Waals surface area (Å²) >= 11 is 5.83. The van der Waals surface area contributed by atoms with Crippen molar-refractivity contribution in [2.75, 3.05) is 19.0 Å². The molecule has 1 aromatic heterocycles. The van der Waals surface area contributed by atoms with Crippen LogP contribution in [0.4, 0.5) is 10.5 Å². The molecule has 34 heavy (non-hydrogen) atoms. The normalized spacial score (nSPS) is 11.7. The molecule has 0 aliphatic heterocycles. The van der Waals surface area contributed by atoms with Crippen LogP contribution in [0.15, 0.2) is 60.8 Å². The number of hydrogen-bond donors (Lipinski definition) is 4. The van der Waals surface area contributed by atoms with Crippen molar-refractivity contribution < 1.29 is 14.3 Å². The summed E-state index contributed by atoms with van der Waals surface area (Å²) in [7, 11) is 1.64. The molecule has 178 valence electrons. The predicted molar refractivity (Wildman–Crippen MR) is 136 cm³/mol. The van der Waals surface area contributed by atoms with Crippen LogP contribution in [0.5, 0.6) is 5.75 Å². The van der Waals surface area contributed by atoms with Crippen molar-refractivity contribution in [3.8, 4) is 5.75 Å². The smallest absolute Gasteiger partial charge is 0.333 e. The Morgan fingerprint density at radius 3 is 2.71 bits per heavy atom. The number of nitrogens with zero attached hydrogens (tertiary/aromatic N) is 1. The summed E-state index contributed by atoms with van der Waals surface area (Å²) in [5, 5.41) is 7.82. The zero-order chi connectivity index (χ0) is 24.3. The van der Waals surface area contributed by atoms with Gasteiger partial charge in [0.1, 0.15) is 5.75 Å². The Hall–Kier alpha value is -3.78. The first-order chi connectivity index (χ1) is 16.4. The van der Waals surface area contributed by atoms with Gasteiger partial charge in [0.2, 0.25) is 0 Å². The molecule has 0 aliphatic rings. The Morgan fingerprint density at radius 1 is 1.15 bits per heavy atom. The van der Waals surface area contributed by atoms with Crippen LogP contribution < -0.4 is 26.2 Å². The molecule has 1 unspecified atom stereocenters. The van der Waals surface area contributed by atoms with Gasteiger partial charge in [-0.05, 0) is 55.7 Å². The highest BCUT2D eigenvalue weighted by Gasteiger charge is 2.09. The quantitative estimate of drug-likeness (QED) is 0.204. The van der Waals surface area contributed by atoms with Crippen molar-refractivity contribution >= 4 is 46.2 Å². The summed E-state index contributed by atoms with van der Waals surface area (Å²) in [4.78, 5) is 28.2. The SMILES string of the molecule is COc1cc(NC(C)CCCNC(=O)NNC(=O)/C=C/c2ccc(Cl)cc2)c2ncccc2c1.